The smallest absolute Gasteiger partial charge is 0.175 e. The zero-order valence-electron chi connectivity index (χ0n) is 10.7. The van der Waals surface area contributed by atoms with Gasteiger partial charge < -0.3 is 10.0 Å². The molecule has 0 saturated carbocycles. The predicted octanol–water partition coefficient (Wildman–Crippen LogP) is 1.53. The van der Waals surface area contributed by atoms with Gasteiger partial charge in [-0.05, 0) is 19.1 Å². The molecule has 0 fully saturated rings. The van der Waals surface area contributed by atoms with Crippen molar-refractivity contribution in [2.24, 2.45) is 4.99 Å². The molecule has 1 aliphatic heterocycles. The van der Waals surface area contributed by atoms with Gasteiger partial charge >= 0.3 is 0 Å². The number of rotatable bonds is 2. The summed E-state index contributed by atoms with van der Waals surface area (Å²) in [5.74, 6) is -0.402. The Balaban J connectivity index is 2.56. The number of aliphatic hydroxyl groups is 1. The third kappa shape index (κ3) is 2.25. The molecule has 1 aliphatic rings. The van der Waals surface area contributed by atoms with Crippen LogP contribution in [0.2, 0.25) is 0 Å². The van der Waals surface area contributed by atoms with E-state index in [1.165, 1.54) is 29.2 Å². The highest BCUT2D eigenvalue weighted by Crippen LogP contribution is 2.23. The van der Waals surface area contributed by atoms with Crippen LogP contribution in [0.5, 0.6) is 0 Å². The van der Waals surface area contributed by atoms with E-state index in [-0.39, 0.29) is 17.1 Å². The second kappa shape index (κ2) is 5.52. The number of nitrogens with zero attached hydrogens (tertiary/aromatic N) is 4. The highest BCUT2D eigenvalue weighted by atomic mass is 19.1. The summed E-state index contributed by atoms with van der Waals surface area (Å²) in [5, 5.41) is 28.4. The molecular weight excluding hydrogens is 259 g/mol. The Morgan fingerprint density at radius 1 is 1.30 bits per heavy atom. The fourth-order valence-corrected chi connectivity index (χ4v) is 2.00. The lowest BCUT2D eigenvalue weighted by Crippen LogP contribution is -2.43. The molecule has 5 nitrogen and oxygen atoms in total. The molecule has 0 aliphatic carbocycles. The maximum atomic E-state index is 12.9. The second-order valence-corrected chi connectivity index (χ2v) is 4.08. The standard InChI is InChI=1S/C14H11FN4O/c1-2-19-12(8-17)11(7-16)18-13(14(19)20)9-3-5-10(15)6-4-9/h3-6,14,20H,2H2,1H3. The zero-order valence-corrected chi connectivity index (χ0v) is 10.7. The van der Waals surface area contributed by atoms with Crippen molar-refractivity contribution >= 4 is 5.71 Å². The van der Waals surface area contributed by atoms with E-state index in [1.54, 1.807) is 6.92 Å². The van der Waals surface area contributed by atoms with Crippen LogP contribution in [0.3, 0.4) is 0 Å². The van der Waals surface area contributed by atoms with Crippen LogP contribution in [-0.4, -0.2) is 28.5 Å². The average molecular weight is 270 g/mol. The molecular formula is C14H11FN4O. The molecule has 100 valence electrons. The van der Waals surface area contributed by atoms with E-state index in [9.17, 15) is 9.50 Å². The number of allylic oxidation sites excluding steroid dienone is 2. The Morgan fingerprint density at radius 2 is 1.95 bits per heavy atom. The van der Waals surface area contributed by atoms with Gasteiger partial charge in [0.1, 0.15) is 18.0 Å². The molecule has 1 aromatic rings. The van der Waals surface area contributed by atoms with Crippen molar-refractivity contribution in [3.05, 3.63) is 47.0 Å². The lowest BCUT2D eigenvalue weighted by Gasteiger charge is -2.32. The third-order valence-electron chi connectivity index (χ3n) is 2.98. The highest BCUT2D eigenvalue weighted by Gasteiger charge is 2.30. The largest absolute Gasteiger partial charge is 0.368 e. The minimum atomic E-state index is -1.14. The van der Waals surface area contributed by atoms with Crippen LogP contribution in [0, 0.1) is 28.5 Å². The van der Waals surface area contributed by atoms with E-state index >= 15 is 0 Å². The van der Waals surface area contributed by atoms with Gasteiger partial charge in [0.15, 0.2) is 17.6 Å². The lowest BCUT2D eigenvalue weighted by atomic mass is 10.1. The third-order valence-corrected chi connectivity index (χ3v) is 2.98. The summed E-state index contributed by atoms with van der Waals surface area (Å²) in [6.45, 7) is 2.10. The molecule has 0 amide bonds. The SMILES string of the molecule is CCN1C(C#N)=C(C#N)N=C(c2ccc(F)cc2)C1O. The molecule has 1 aromatic carbocycles. The highest BCUT2D eigenvalue weighted by molar-refractivity contribution is 6.05. The normalized spacial score (nSPS) is 18.4. The maximum Gasteiger partial charge on any atom is 0.175 e. The van der Waals surface area contributed by atoms with Crippen molar-refractivity contribution in [2.45, 2.75) is 13.2 Å². The summed E-state index contributed by atoms with van der Waals surface area (Å²) in [6.07, 6.45) is -1.14. The maximum absolute atomic E-state index is 12.9. The average Bonchev–Trinajstić information content (AvgIpc) is 2.47. The summed E-state index contributed by atoms with van der Waals surface area (Å²) < 4.78 is 12.9. The van der Waals surface area contributed by atoms with Crippen LogP contribution in [0.4, 0.5) is 4.39 Å². The van der Waals surface area contributed by atoms with Crippen molar-refractivity contribution < 1.29 is 9.50 Å². The minimum Gasteiger partial charge on any atom is -0.368 e. The molecule has 1 N–H and O–H groups in total. The summed E-state index contributed by atoms with van der Waals surface area (Å²) in [7, 11) is 0. The molecule has 1 heterocycles. The van der Waals surface area contributed by atoms with E-state index in [2.05, 4.69) is 4.99 Å². The Bertz CT molecular complexity index is 664. The van der Waals surface area contributed by atoms with Crippen LogP contribution in [-0.2, 0) is 0 Å². The van der Waals surface area contributed by atoms with Crippen molar-refractivity contribution in [1.82, 2.24) is 4.90 Å². The Kier molecular flexibility index (Phi) is 3.79. The van der Waals surface area contributed by atoms with Crippen molar-refractivity contribution in [3.8, 4) is 12.1 Å². The van der Waals surface area contributed by atoms with Crippen molar-refractivity contribution in [1.29, 1.82) is 10.5 Å². The second-order valence-electron chi connectivity index (χ2n) is 4.08. The van der Waals surface area contributed by atoms with Gasteiger partial charge in [0.25, 0.3) is 0 Å². The molecule has 0 bridgehead atoms. The molecule has 6 heteroatoms. The zero-order chi connectivity index (χ0) is 14.7. The lowest BCUT2D eigenvalue weighted by molar-refractivity contribution is 0.0909. The first-order valence-electron chi connectivity index (χ1n) is 5.96. The first-order valence-corrected chi connectivity index (χ1v) is 5.96. The molecule has 0 saturated heterocycles. The Labute approximate surface area is 115 Å². The van der Waals surface area contributed by atoms with E-state index in [0.29, 0.717) is 12.1 Å². The number of aliphatic hydroxyl groups excluding tert-OH is 1. The number of nitriles is 2. The molecule has 1 atom stereocenters. The van der Waals surface area contributed by atoms with Gasteiger partial charge in [-0.3, -0.25) is 0 Å². The number of likely N-dealkylation sites (N-methyl/N-ethyl adjacent to an activating group) is 1. The fraction of sp³-hybridized carbons (Fsp3) is 0.214. The van der Waals surface area contributed by atoms with E-state index in [1.807, 2.05) is 12.1 Å². The van der Waals surface area contributed by atoms with Crippen LogP contribution in [0.1, 0.15) is 12.5 Å². The molecule has 1 unspecified atom stereocenters. The number of halogens is 1. The van der Waals surface area contributed by atoms with Gasteiger partial charge in [-0.2, -0.15) is 10.5 Å². The first-order chi connectivity index (χ1) is 9.62. The molecule has 20 heavy (non-hydrogen) atoms. The molecule has 0 spiro atoms. The van der Waals surface area contributed by atoms with Crippen molar-refractivity contribution in [2.75, 3.05) is 6.54 Å². The Hall–Kier alpha value is -2.70. The van der Waals surface area contributed by atoms with Crippen LogP contribution < -0.4 is 0 Å². The number of hydrogen-bond donors (Lipinski definition) is 1. The summed E-state index contributed by atoms with van der Waals surface area (Å²) in [6, 6.07) is 9.15. The monoisotopic (exact) mass is 270 g/mol. The van der Waals surface area contributed by atoms with E-state index in [4.69, 9.17) is 10.5 Å². The molecule has 2 rings (SSSR count). The first kappa shape index (κ1) is 13.7. The fourth-order valence-electron chi connectivity index (χ4n) is 2.00. The van der Waals surface area contributed by atoms with Crippen molar-refractivity contribution in [3.63, 3.8) is 0 Å². The number of hydrogen-bond acceptors (Lipinski definition) is 5. The minimum absolute atomic E-state index is 0.0355. The Morgan fingerprint density at radius 3 is 2.45 bits per heavy atom. The van der Waals surface area contributed by atoms with Gasteiger partial charge in [0, 0.05) is 12.1 Å². The summed E-state index contributed by atoms with van der Waals surface area (Å²) in [5.41, 5.74) is 0.705. The van der Waals surface area contributed by atoms with Crippen LogP contribution in [0.25, 0.3) is 0 Å². The van der Waals surface area contributed by atoms with Crippen LogP contribution in [0.15, 0.2) is 40.7 Å². The quantitative estimate of drug-likeness (QED) is 0.883. The van der Waals surface area contributed by atoms with Gasteiger partial charge in [-0.1, -0.05) is 12.1 Å². The van der Waals surface area contributed by atoms with E-state index in [0.717, 1.165) is 0 Å². The number of benzene rings is 1. The van der Waals surface area contributed by atoms with Gasteiger partial charge in [0.05, 0.1) is 5.71 Å². The summed E-state index contributed by atoms with van der Waals surface area (Å²) in [4.78, 5) is 5.41. The summed E-state index contributed by atoms with van der Waals surface area (Å²) >= 11 is 0. The van der Waals surface area contributed by atoms with Gasteiger partial charge in [-0.25, -0.2) is 9.38 Å². The molecule has 0 radical (unpaired) electrons. The molecule has 0 aromatic heterocycles. The topological polar surface area (TPSA) is 83.4 Å². The number of aliphatic imine (C=N–C) groups is 1. The van der Waals surface area contributed by atoms with Crippen LogP contribution >= 0.6 is 0 Å². The predicted molar refractivity (Wildman–Crippen MR) is 69.6 cm³/mol. The van der Waals surface area contributed by atoms with E-state index < -0.39 is 12.0 Å². The van der Waals surface area contributed by atoms with Gasteiger partial charge in [0.2, 0.25) is 0 Å². The van der Waals surface area contributed by atoms with Gasteiger partial charge in [-0.15, -0.1) is 0 Å².